The number of fused-ring (bicyclic) bond motifs is 1. The third kappa shape index (κ3) is 8.42. The Morgan fingerprint density at radius 2 is 1.43 bits per heavy atom. The lowest BCUT2D eigenvalue weighted by atomic mass is 9.98. The molecule has 9 atom stereocenters. The first kappa shape index (κ1) is 37.4. The lowest BCUT2D eigenvalue weighted by molar-refractivity contribution is -0.329. The van der Waals surface area contributed by atoms with Crippen molar-refractivity contribution in [2.45, 2.75) is 134 Å². The van der Waals surface area contributed by atoms with Crippen LogP contribution >= 0.6 is 0 Å². The molecule has 0 aliphatic carbocycles. The Morgan fingerprint density at radius 1 is 0.809 bits per heavy atom. The van der Waals surface area contributed by atoms with Gasteiger partial charge in [-0.1, -0.05) is 71.9 Å². The van der Waals surface area contributed by atoms with E-state index in [4.69, 9.17) is 46.7 Å². The predicted molar refractivity (Wildman–Crippen MR) is 168 cm³/mol. The zero-order valence-electron chi connectivity index (χ0n) is 29.0. The minimum Gasteiger partial charge on any atom is -0.463 e. The lowest BCUT2D eigenvalue weighted by Crippen LogP contribution is -2.65. The standard InChI is InChI=1S/C33H50O13Si/c1-19(34)38-17-23-25(27(41-20(2)35)29(42-21(3)36)30(37-10)43-23)45-31-28(39-16-22-14-12-11-13-15-22)26-24(44-31)18-40-47(46-26,32(4,5)6)33(7,8)9/h11-15,23-31H,16-18H2,1-10H3/t23-,24-,25+,26-,27+,28+,29-,30-,31?/m1/s1. The number of hydrogen-bond donors (Lipinski definition) is 0. The quantitative estimate of drug-likeness (QED) is 0.200. The SMILES string of the molecule is CO[C@@H]1O[C@H](COC(C)=O)[C@H](OC2O[C@@H]3CO[Si](C(C)(C)C)(C(C)(C)C)O[C@H]3[C@@H]2OCc2ccccc2)[C@H](OC(C)=O)[C@H]1OC(C)=O. The maximum absolute atomic E-state index is 12.4. The van der Waals surface area contributed by atoms with Gasteiger partial charge in [0.2, 0.25) is 0 Å². The molecule has 3 fully saturated rings. The van der Waals surface area contributed by atoms with Gasteiger partial charge < -0.3 is 46.7 Å². The average Bonchev–Trinajstić information content (AvgIpc) is 3.31. The van der Waals surface area contributed by atoms with Gasteiger partial charge in [-0.25, -0.2) is 0 Å². The summed E-state index contributed by atoms with van der Waals surface area (Å²) >= 11 is 0. The molecule has 0 radical (unpaired) electrons. The molecule has 264 valence electrons. The molecule has 1 unspecified atom stereocenters. The zero-order valence-corrected chi connectivity index (χ0v) is 30.0. The van der Waals surface area contributed by atoms with Crippen LogP contribution in [0.3, 0.4) is 0 Å². The van der Waals surface area contributed by atoms with Crippen molar-refractivity contribution in [1.82, 2.24) is 0 Å². The van der Waals surface area contributed by atoms with Crippen molar-refractivity contribution in [3.8, 4) is 0 Å². The summed E-state index contributed by atoms with van der Waals surface area (Å²) in [6, 6.07) is 9.67. The van der Waals surface area contributed by atoms with E-state index < -0.39 is 81.8 Å². The first-order chi connectivity index (χ1) is 22.0. The molecule has 0 N–H and O–H groups in total. The molecule has 4 rings (SSSR count). The van der Waals surface area contributed by atoms with Gasteiger partial charge in [-0.2, -0.15) is 0 Å². The van der Waals surface area contributed by atoms with Crippen molar-refractivity contribution in [3.63, 3.8) is 0 Å². The van der Waals surface area contributed by atoms with Crippen LogP contribution < -0.4 is 0 Å². The van der Waals surface area contributed by atoms with Gasteiger partial charge in [0.15, 0.2) is 24.8 Å². The fraction of sp³-hybridized carbons (Fsp3) is 0.727. The first-order valence-electron chi connectivity index (χ1n) is 15.9. The molecular weight excluding hydrogens is 632 g/mol. The van der Waals surface area contributed by atoms with Crippen LogP contribution in [0.5, 0.6) is 0 Å². The highest BCUT2D eigenvalue weighted by Crippen LogP contribution is 2.55. The third-order valence-corrected chi connectivity index (χ3v) is 13.6. The topological polar surface area (TPSA) is 144 Å². The molecule has 0 spiro atoms. The lowest BCUT2D eigenvalue weighted by Gasteiger charge is -2.53. The predicted octanol–water partition coefficient (Wildman–Crippen LogP) is 3.94. The smallest absolute Gasteiger partial charge is 0.349 e. The molecule has 3 aliphatic rings. The summed E-state index contributed by atoms with van der Waals surface area (Å²) in [5.41, 5.74) is 0.932. The Kier molecular flexibility index (Phi) is 11.9. The van der Waals surface area contributed by atoms with Crippen molar-refractivity contribution >= 4 is 26.5 Å². The monoisotopic (exact) mass is 682 g/mol. The first-order valence-corrected chi connectivity index (χ1v) is 17.7. The second kappa shape index (κ2) is 15.0. The molecular formula is C33H50O13Si. The normalized spacial score (nSPS) is 32.3. The summed E-state index contributed by atoms with van der Waals surface area (Å²) in [7, 11) is -1.61. The number of carbonyl (C=O) groups excluding carboxylic acids is 3. The van der Waals surface area contributed by atoms with Gasteiger partial charge in [0.25, 0.3) is 0 Å². The molecule has 0 amide bonds. The second-order valence-corrected chi connectivity index (χ2v) is 18.9. The van der Waals surface area contributed by atoms with E-state index in [2.05, 4.69) is 41.5 Å². The summed E-state index contributed by atoms with van der Waals surface area (Å²) in [5.74, 6) is -1.88. The van der Waals surface area contributed by atoms with E-state index in [0.29, 0.717) is 0 Å². The Hall–Kier alpha value is -2.43. The van der Waals surface area contributed by atoms with Crippen LogP contribution in [-0.4, -0.2) is 102 Å². The second-order valence-electron chi connectivity index (χ2n) is 14.1. The Morgan fingerprint density at radius 3 is 1.98 bits per heavy atom. The van der Waals surface area contributed by atoms with Gasteiger partial charge in [-0.15, -0.1) is 0 Å². The molecule has 3 heterocycles. The molecule has 47 heavy (non-hydrogen) atoms. The van der Waals surface area contributed by atoms with E-state index in [1.54, 1.807) is 0 Å². The average molecular weight is 683 g/mol. The summed E-state index contributed by atoms with van der Waals surface area (Å²) in [6.45, 7) is 16.6. The number of methoxy groups -OCH3 is 1. The number of hydrogen-bond acceptors (Lipinski definition) is 13. The van der Waals surface area contributed by atoms with E-state index >= 15 is 0 Å². The van der Waals surface area contributed by atoms with Crippen molar-refractivity contribution in [2.24, 2.45) is 0 Å². The Bertz CT molecular complexity index is 1220. The molecule has 0 bridgehead atoms. The highest BCUT2D eigenvalue weighted by atomic mass is 28.4. The van der Waals surface area contributed by atoms with E-state index in [-0.39, 0.29) is 29.9 Å². The molecule has 0 aromatic heterocycles. The van der Waals surface area contributed by atoms with Crippen molar-refractivity contribution in [1.29, 1.82) is 0 Å². The summed E-state index contributed by atoms with van der Waals surface area (Å²) < 4.78 is 61.5. The van der Waals surface area contributed by atoms with Crippen LogP contribution in [0.4, 0.5) is 0 Å². The number of rotatable bonds is 10. The van der Waals surface area contributed by atoms with E-state index in [1.807, 2.05) is 30.3 Å². The maximum atomic E-state index is 12.4. The van der Waals surface area contributed by atoms with Gasteiger partial charge in [0.05, 0.1) is 13.2 Å². The highest BCUT2D eigenvalue weighted by Gasteiger charge is 2.66. The van der Waals surface area contributed by atoms with Crippen molar-refractivity contribution in [2.75, 3.05) is 20.3 Å². The van der Waals surface area contributed by atoms with Crippen LogP contribution in [-0.2, 0) is 67.7 Å². The van der Waals surface area contributed by atoms with Crippen LogP contribution in [0.2, 0.25) is 10.1 Å². The molecule has 1 aromatic carbocycles. The van der Waals surface area contributed by atoms with Crippen LogP contribution in [0.15, 0.2) is 30.3 Å². The van der Waals surface area contributed by atoms with Crippen molar-refractivity contribution < 1.29 is 61.1 Å². The molecule has 1 aromatic rings. The van der Waals surface area contributed by atoms with Gasteiger partial charge in [-0.05, 0) is 5.56 Å². The van der Waals surface area contributed by atoms with Gasteiger partial charge in [-0.3, -0.25) is 14.4 Å². The zero-order chi connectivity index (χ0) is 34.7. The minimum absolute atomic E-state index is 0.231. The van der Waals surface area contributed by atoms with Crippen LogP contribution in [0.25, 0.3) is 0 Å². The van der Waals surface area contributed by atoms with Gasteiger partial charge in [0, 0.05) is 38.0 Å². The number of ether oxygens (including phenoxy) is 8. The molecule has 14 heteroatoms. The molecule has 3 saturated heterocycles. The van der Waals surface area contributed by atoms with Crippen molar-refractivity contribution in [3.05, 3.63) is 35.9 Å². The summed E-state index contributed by atoms with van der Waals surface area (Å²) in [5, 5.41) is -0.614. The van der Waals surface area contributed by atoms with E-state index in [1.165, 1.54) is 27.9 Å². The van der Waals surface area contributed by atoms with E-state index in [0.717, 1.165) is 5.56 Å². The van der Waals surface area contributed by atoms with E-state index in [9.17, 15) is 14.4 Å². The van der Waals surface area contributed by atoms with Gasteiger partial charge >= 0.3 is 26.5 Å². The highest BCUT2D eigenvalue weighted by molar-refractivity contribution is 6.73. The Labute approximate surface area is 278 Å². The Balaban J connectivity index is 1.73. The molecule has 0 saturated carbocycles. The third-order valence-electron chi connectivity index (χ3n) is 8.45. The number of esters is 3. The van der Waals surface area contributed by atoms with Crippen LogP contribution in [0.1, 0.15) is 67.9 Å². The number of benzene rings is 1. The molecule has 13 nitrogen and oxygen atoms in total. The summed E-state index contributed by atoms with van der Waals surface area (Å²) in [6.07, 6.45) is -8.74. The van der Waals surface area contributed by atoms with Crippen LogP contribution in [0, 0.1) is 0 Å². The largest absolute Gasteiger partial charge is 0.463 e. The van der Waals surface area contributed by atoms with Gasteiger partial charge in [0.1, 0.15) is 37.1 Å². The molecule has 3 aliphatic heterocycles. The fourth-order valence-electron chi connectivity index (χ4n) is 6.72. The maximum Gasteiger partial charge on any atom is 0.349 e. The number of carbonyl (C=O) groups is 3. The minimum atomic E-state index is -2.96. The fourth-order valence-corrected chi connectivity index (χ4v) is 11.7. The summed E-state index contributed by atoms with van der Waals surface area (Å²) in [4.78, 5) is 36.4.